The zero-order valence-electron chi connectivity index (χ0n) is 16.7. The van der Waals surface area contributed by atoms with Gasteiger partial charge in [0.25, 0.3) is 17.2 Å². The Kier molecular flexibility index (Phi) is 7.83. The lowest BCUT2D eigenvalue weighted by molar-refractivity contribution is -0.138. The SMILES string of the molecule is CCOC(=O)C1=C(NC(=O)c2ccc(NS(=O)O)cc2)C(Nc2ccc(Br)cc2)CC1. The summed E-state index contributed by atoms with van der Waals surface area (Å²) in [6, 6.07) is 13.5. The van der Waals surface area contributed by atoms with E-state index in [-0.39, 0.29) is 12.6 Å². The summed E-state index contributed by atoms with van der Waals surface area (Å²) in [5.74, 6) is -0.833. The van der Waals surface area contributed by atoms with Gasteiger partial charge in [0.2, 0.25) is 0 Å². The predicted octanol–water partition coefficient (Wildman–Crippen LogP) is 3.82. The number of carbonyl (C=O) groups is 2. The molecular formula is C21H22BrN3O5S. The standard InChI is InChI=1S/C21H22BrN3O5S/c1-2-30-21(27)17-11-12-18(23-15-9-5-14(22)6-10-15)19(17)24-20(26)13-3-7-16(8-4-13)25-31(28)29/h3-10,18,23,25H,2,11-12H2,1H3,(H,24,26)(H,28,29). The number of nitrogens with one attached hydrogen (secondary N) is 3. The van der Waals surface area contributed by atoms with E-state index in [1.807, 2.05) is 24.3 Å². The summed E-state index contributed by atoms with van der Waals surface area (Å²) < 4.78 is 28.2. The van der Waals surface area contributed by atoms with Crippen molar-refractivity contribution in [2.75, 3.05) is 16.6 Å². The molecule has 0 aliphatic heterocycles. The third kappa shape index (κ3) is 6.16. The fourth-order valence-corrected chi connectivity index (χ4v) is 3.85. The summed E-state index contributed by atoms with van der Waals surface area (Å²) >= 11 is 1.21. The van der Waals surface area contributed by atoms with Crippen LogP contribution in [0.25, 0.3) is 0 Å². The fraction of sp³-hybridized carbons (Fsp3) is 0.238. The lowest BCUT2D eigenvalue weighted by atomic mass is 10.1. The van der Waals surface area contributed by atoms with Gasteiger partial charge in [0.15, 0.2) is 0 Å². The molecule has 1 amide bonds. The Balaban J connectivity index is 1.81. The third-order valence-electron chi connectivity index (χ3n) is 4.66. The second-order valence-corrected chi connectivity index (χ2v) is 8.36. The topological polar surface area (TPSA) is 117 Å². The van der Waals surface area contributed by atoms with Gasteiger partial charge in [-0.25, -0.2) is 9.00 Å². The van der Waals surface area contributed by atoms with Crippen LogP contribution in [0.3, 0.4) is 0 Å². The minimum Gasteiger partial charge on any atom is -0.463 e. The van der Waals surface area contributed by atoms with Crippen molar-refractivity contribution in [2.24, 2.45) is 0 Å². The van der Waals surface area contributed by atoms with E-state index in [4.69, 9.17) is 9.29 Å². The van der Waals surface area contributed by atoms with Crippen molar-refractivity contribution in [3.63, 3.8) is 0 Å². The molecule has 2 aromatic rings. The Hall–Kier alpha value is -2.69. The molecule has 2 unspecified atom stereocenters. The van der Waals surface area contributed by atoms with Crippen LogP contribution in [0.15, 0.2) is 64.3 Å². The predicted molar refractivity (Wildman–Crippen MR) is 123 cm³/mol. The third-order valence-corrected chi connectivity index (χ3v) is 5.60. The molecule has 1 aliphatic rings. The van der Waals surface area contributed by atoms with E-state index >= 15 is 0 Å². The first-order valence-corrected chi connectivity index (χ1v) is 11.5. The minimum atomic E-state index is -2.20. The van der Waals surface area contributed by atoms with Crippen LogP contribution in [0, 0.1) is 0 Å². The summed E-state index contributed by atoms with van der Waals surface area (Å²) in [6.07, 6.45) is 1.11. The first kappa shape index (κ1) is 23.0. The summed E-state index contributed by atoms with van der Waals surface area (Å²) in [5, 5.41) is 6.22. The average Bonchev–Trinajstić information content (AvgIpc) is 3.12. The molecule has 2 atom stereocenters. The summed E-state index contributed by atoms with van der Waals surface area (Å²) in [5.41, 5.74) is 2.54. The van der Waals surface area contributed by atoms with Gasteiger partial charge in [-0.3, -0.25) is 14.1 Å². The van der Waals surface area contributed by atoms with Crippen molar-refractivity contribution in [1.82, 2.24) is 5.32 Å². The van der Waals surface area contributed by atoms with Gasteiger partial charge < -0.3 is 15.4 Å². The number of hydrogen-bond acceptors (Lipinski definition) is 5. The van der Waals surface area contributed by atoms with E-state index < -0.39 is 23.1 Å². The Morgan fingerprint density at radius 1 is 1.13 bits per heavy atom. The highest BCUT2D eigenvalue weighted by Gasteiger charge is 2.31. The molecule has 0 fully saturated rings. The van der Waals surface area contributed by atoms with Crippen LogP contribution in [0.2, 0.25) is 0 Å². The second-order valence-electron chi connectivity index (χ2n) is 6.74. The van der Waals surface area contributed by atoms with Gasteiger partial charge in [0.05, 0.1) is 23.9 Å². The molecule has 1 aliphatic carbocycles. The number of ether oxygens (including phenoxy) is 1. The normalized spacial score (nSPS) is 16.5. The van der Waals surface area contributed by atoms with Crippen LogP contribution in [-0.4, -0.2) is 33.3 Å². The largest absolute Gasteiger partial charge is 0.463 e. The Bertz CT molecular complexity index is 1010. The lowest BCUT2D eigenvalue weighted by Gasteiger charge is -2.20. The van der Waals surface area contributed by atoms with Crippen LogP contribution >= 0.6 is 15.9 Å². The molecule has 0 spiro atoms. The molecule has 4 N–H and O–H groups in total. The Morgan fingerprint density at radius 2 is 1.77 bits per heavy atom. The van der Waals surface area contributed by atoms with Crippen LogP contribution in [0.1, 0.15) is 30.1 Å². The average molecular weight is 508 g/mol. The fourth-order valence-electron chi connectivity index (χ4n) is 3.25. The number of hydrogen-bond donors (Lipinski definition) is 4. The van der Waals surface area contributed by atoms with Crippen molar-refractivity contribution in [3.05, 3.63) is 69.8 Å². The molecule has 0 heterocycles. The van der Waals surface area contributed by atoms with Crippen molar-refractivity contribution < 1.29 is 23.1 Å². The molecule has 0 radical (unpaired) electrons. The molecular weight excluding hydrogens is 486 g/mol. The van der Waals surface area contributed by atoms with E-state index in [1.165, 1.54) is 24.3 Å². The molecule has 0 saturated carbocycles. The highest BCUT2D eigenvalue weighted by atomic mass is 79.9. The molecule has 0 bridgehead atoms. The highest BCUT2D eigenvalue weighted by Crippen LogP contribution is 2.29. The first-order valence-electron chi connectivity index (χ1n) is 9.58. The van der Waals surface area contributed by atoms with E-state index in [9.17, 15) is 13.8 Å². The number of esters is 1. The van der Waals surface area contributed by atoms with Gasteiger partial charge in [-0.15, -0.1) is 0 Å². The summed E-state index contributed by atoms with van der Waals surface area (Å²) in [7, 11) is 0. The number of amides is 1. The summed E-state index contributed by atoms with van der Waals surface area (Å²) in [4.78, 5) is 25.3. The number of carbonyl (C=O) groups excluding carboxylic acids is 2. The van der Waals surface area contributed by atoms with Gasteiger partial charge in [-0.05, 0) is 68.3 Å². The van der Waals surface area contributed by atoms with Crippen LogP contribution in [-0.2, 0) is 20.8 Å². The molecule has 2 aromatic carbocycles. The number of halogens is 1. The van der Waals surface area contributed by atoms with Crippen molar-refractivity contribution in [2.45, 2.75) is 25.8 Å². The van der Waals surface area contributed by atoms with Crippen LogP contribution in [0.4, 0.5) is 11.4 Å². The van der Waals surface area contributed by atoms with Gasteiger partial charge in [0.1, 0.15) is 0 Å². The number of anilines is 2. The van der Waals surface area contributed by atoms with E-state index in [2.05, 4.69) is 31.3 Å². The lowest BCUT2D eigenvalue weighted by Crippen LogP contribution is -2.33. The van der Waals surface area contributed by atoms with E-state index in [0.717, 1.165) is 10.2 Å². The smallest absolute Gasteiger partial charge is 0.335 e. The monoisotopic (exact) mass is 507 g/mol. The molecule has 10 heteroatoms. The molecule has 3 rings (SSSR count). The van der Waals surface area contributed by atoms with Crippen LogP contribution < -0.4 is 15.4 Å². The highest BCUT2D eigenvalue weighted by molar-refractivity contribution is 9.10. The second kappa shape index (κ2) is 10.6. The van der Waals surface area contributed by atoms with E-state index in [1.54, 1.807) is 6.92 Å². The maximum absolute atomic E-state index is 12.8. The maximum atomic E-state index is 12.8. The number of benzene rings is 2. The van der Waals surface area contributed by atoms with Gasteiger partial charge in [-0.1, -0.05) is 15.9 Å². The van der Waals surface area contributed by atoms with Crippen molar-refractivity contribution in [1.29, 1.82) is 0 Å². The molecule has 8 nitrogen and oxygen atoms in total. The Morgan fingerprint density at radius 3 is 2.39 bits per heavy atom. The zero-order valence-corrected chi connectivity index (χ0v) is 19.1. The van der Waals surface area contributed by atoms with Gasteiger partial charge >= 0.3 is 5.97 Å². The minimum absolute atomic E-state index is 0.245. The van der Waals surface area contributed by atoms with Crippen LogP contribution in [0.5, 0.6) is 0 Å². The summed E-state index contributed by atoms with van der Waals surface area (Å²) in [6.45, 7) is 1.98. The van der Waals surface area contributed by atoms with Gasteiger partial charge in [0, 0.05) is 21.4 Å². The molecule has 0 saturated heterocycles. The van der Waals surface area contributed by atoms with Gasteiger partial charge in [-0.2, -0.15) is 0 Å². The first-order chi connectivity index (χ1) is 14.9. The molecule has 0 aromatic heterocycles. The van der Waals surface area contributed by atoms with E-state index in [0.29, 0.717) is 35.4 Å². The van der Waals surface area contributed by atoms with Crippen molar-refractivity contribution in [3.8, 4) is 0 Å². The number of rotatable bonds is 8. The maximum Gasteiger partial charge on any atom is 0.335 e. The van der Waals surface area contributed by atoms with Crippen molar-refractivity contribution >= 4 is 50.4 Å². The zero-order chi connectivity index (χ0) is 22.4. The quantitative estimate of drug-likeness (QED) is 0.318. The molecule has 164 valence electrons. The Labute approximate surface area is 191 Å². The molecule has 31 heavy (non-hydrogen) atoms.